The lowest BCUT2D eigenvalue weighted by Gasteiger charge is -2.37. The molecule has 0 bridgehead atoms. The van der Waals surface area contributed by atoms with Crippen molar-refractivity contribution in [1.82, 2.24) is 9.80 Å². The largest absolute Gasteiger partial charge is 0.480 e. The number of nitrogens with zero attached hydrogens (tertiary/aromatic N) is 2. The molecule has 2 amide bonds. The van der Waals surface area contributed by atoms with Crippen molar-refractivity contribution < 1.29 is 29.3 Å². The standard InChI is InChI=1S/C14H16N2O6/c17-12(18)11-8-15(6-7-16(11)13(19)20)14(21)22-9-10-4-2-1-3-5-10/h1-5,11H,6-9H2,(H,17,18)(H,19,20)/t11-/m1/s1. The summed E-state index contributed by atoms with van der Waals surface area (Å²) in [7, 11) is 0. The monoisotopic (exact) mass is 308 g/mol. The molecule has 0 spiro atoms. The number of carbonyl (C=O) groups excluding carboxylic acids is 1. The van der Waals surface area contributed by atoms with E-state index >= 15 is 0 Å². The molecule has 8 nitrogen and oxygen atoms in total. The second-order valence-corrected chi connectivity index (χ2v) is 4.82. The topological polar surface area (TPSA) is 107 Å². The molecule has 22 heavy (non-hydrogen) atoms. The summed E-state index contributed by atoms with van der Waals surface area (Å²) in [6.07, 6.45) is -1.97. The Hall–Kier alpha value is -2.77. The summed E-state index contributed by atoms with van der Waals surface area (Å²) in [5.74, 6) is -1.29. The van der Waals surface area contributed by atoms with Gasteiger partial charge in [-0.1, -0.05) is 30.3 Å². The predicted molar refractivity (Wildman–Crippen MR) is 74.4 cm³/mol. The van der Waals surface area contributed by atoms with E-state index in [1.54, 1.807) is 12.1 Å². The van der Waals surface area contributed by atoms with Crippen molar-refractivity contribution in [1.29, 1.82) is 0 Å². The van der Waals surface area contributed by atoms with Crippen molar-refractivity contribution in [2.75, 3.05) is 19.6 Å². The summed E-state index contributed by atoms with van der Waals surface area (Å²) < 4.78 is 5.12. The van der Waals surface area contributed by atoms with Crippen molar-refractivity contribution >= 4 is 18.2 Å². The van der Waals surface area contributed by atoms with Crippen LogP contribution in [0.15, 0.2) is 30.3 Å². The van der Waals surface area contributed by atoms with Crippen LogP contribution in [0.4, 0.5) is 9.59 Å². The lowest BCUT2D eigenvalue weighted by Crippen LogP contribution is -2.59. The van der Waals surface area contributed by atoms with Gasteiger partial charge in [-0.05, 0) is 5.56 Å². The van der Waals surface area contributed by atoms with Gasteiger partial charge in [-0.2, -0.15) is 0 Å². The smallest absolute Gasteiger partial charge is 0.410 e. The van der Waals surface area contributed by atoms with Crippen LogP contribution in [0, 0.1) is 0 Å². The molecule has 1 fully saturated rings. The van der Waals surface area contributed by atoms with Crippen molar-refractivity contribution in [3.63, 3.8) is 0 Å². The van der Waals surface area contributed by atoms with Crippen LogP contribution in [0.5, 0.6) is 0 Å². The van der Waals surface area contributed by atoms with Crippen molar-refractivity contribution in [3.05, 3.63) is 35.9 Å². The fourth-order valence-corrected chi connectivity index (χ4v) is 2.20. The molecule has 0 aliphatic carbocycles. The van der Waals surface area contributed by atoms with Gasteiger partial charge in [-0.15, -0.1) is 0 Å². The van der Waals surface area contributed by atoms with Crippen LogP contribution in [0.1, 0.15) is 5.56 Å². The highest BCUT2D eigenvalue weighted by Gasteiger charge is 2.37. The first kappa shape index (κ1) is 15.6. The Morgan fingerprint density at radius 1 is 1.14 bits per heavy atom. The van der Waals surface area contributed by atoms with Crippen LogP contribution >= 0.6 is 0 Å². The Labute approximate surface area is 126 Å². The Kier molecular flexibility index (Phi) is 4.82. The van der Waals surface area contributed by atoms with E-state index in [0.29, 0.717) is 0 Å². The van der Waals surface area contributed by atoms with Gasteiger partial charge in [0.25, 0.3) is 0 Å². The first-order chi connectivity index (χ1) is 10.5. The van der Waals surface area contributed by atoms with Gasteiger partial charge in [0, 0.05) is 13.1 Å². The number of ether oxygens (including phenoxy) is 1. The van der Waals surface area contributed by atoms with E-state index in [2.05, 4.69) is 0 Å². The Morgan fingerprint density at radius 3 is 2.41 bits per heavy atom. The predicted octanol–water partition coefficient (Wildman–Crippen LogP) is 1.07. The maximum atomic E-state index is 12.0. The molecule has 1 aromatic rings. The lowest BCUT2D eigenvalue weighted by atomic mass is 10.2. The number of hydrogen-bond donors (Lipinski definition) is 2. The zero-order chi connectivity index (χ0) is 16.1. The number of aliphatic carboxylic acids is 1. The van der Waals surface area contributed by atoms with Crippen LogP contribution < -0.4 is 0 Å². The van der Waals surface area contributed by atoms with Gasteiger partial charge in [-0.25, -0.2) is 14.4 Å². The summed E-state index contributed by atoms with van der Waals surface area (Å²) >= 11 is 0. The first-order valence-corrected chi connectivity index (χ1v) is 6.67. The van der Waals surface area contributed by atoms with Gasteiger partial charge in [-0.3, -0.25) is 4.90 Å². The molecule has 0 aromatic heterocycles. The van der Waals surface area contributed by atoms with Crippen LogP contribution in [0.2, 0.25) is 0 Å². The molecule has 1 aliphatic rings. The molecule has 2 N–H and O–H groups in total. The zero-order valence-electron chi connectivity index (χ0n) is 11.7. The molecule has 1 saturated heterocycles. The van der Waals surface area contributed by atoms with Gasteiger partial charge in [0.1, 0.15) is 6.61 Å². The number of amides is 2. The average Bonchev–Trinajstić information content (AvgIpc) is 2.52. The van der Waals surface area contributed by atoms with Crippen LogP contribution in [0.25, 0.3) is 0 Å². The molecule has 118 valence electrons. The van der Waals surface area contributed by atoms with Gasteiger partial charge in [0.15, 0.2) is 6.04 Å². The number of piperazine rings is 1. The Balaban J connectivity index is 1.94. The summed E-state index contributed by atoms with van der Waals surface area (Å²) in [4.78, 5) is 36.1. The van der Waals surface area contributed by atoms with Crippen LogP contribution in [-0.2, 0) is 16.1 Å². The lowest BCUT2D eigenvalue weighted by molar-refractivity contribution is -0.144. The minimum Gasteiger partial charge on any atom is -0.480 e. The molecule has 2 rings (SSSR count). The highest BCUT2D eigenvalue weighted by Crippen LogP contribution is 2.12. The van der Waals surface area contributed by atoms with Crippen LogP contribution in [0.3, 0.4) is 0 Å². The van der Waals surface area contributed by atoms with Gasteiger partial charge >= 0.3 is 18.2 Å². The highest BCUT2D eigenvalue weighted by atomic mass is 16.6. The highest BCUT2D eigenvalue weighted by molar-refractivity contribution is 5.81. The van der Waals surface area contributed by atoms with Crippen molar-refractivity contribution in [2.24, 2.45) is 0 Å². The van der Waals surface area contributed by atoms with E-state index in [0.717, 1.165) is 10.5 Å². The first-order valence-electron chi connectivity index (χ1n) is 6.67. The van der Waals surface area contributed by atoms with Gasteiger partial charge in [0.2, 0.25) is 0 Å². The molecule has 1 heterocycles. The summed E-state index contributed by atoms with van der Waals surface area (Å²) in [5.41, 5.74) is 0.815. The molecule has 1 aromatic carbocycles. The quantitative estimate of drug-likeness (QED) is 0.865. The number of benzene rings is 1. The van der Waals surface area contributed by atoms with E-state index in [9.17, 15) is 14.4 Å². The third-order valence-corrected chi connectivity index (χ3v) is 3.37. The number of carboxylic acid groups (broad SMARTS) is 2. The van der Waals surface area contributed by atoms with E-state index in [1.165, 1.54) is 4.90 Å². The average molecular weight is 308 g/mol. The molecule has 8 heteroatoms. The fourth-order valence-electron chi connectivity index (χ4n) is 2.20. The van der Waals surface area contributed by atoms with Crippen LogP contribution in [-0.4, -0.2) is 63.8 Å². The third kappa shape index (κ3) is 3.66. The molecular weight excluding hydrogens is 292 g/mol. The van der Waals surface area contributed by atoms with E-state index in [-0.39, 0.29) is 26.2 Å². The SMILES string of the molecule is O=C(O)[C@H]1CN(C(=O)OCc2ccccc2)CCN1C(=O)O. The third-order valence-electron chi connectivity index (χ3n) is 3.37. The maximum absolute atomic E-state index is 12.0. The minimum atomic E-state index is -1.32. The zero-order valence-corrected chi connectivity index (χ0v) is 11.7. The summed E-state index contributed by atoms with van der Waals surface area (Å²) in [6, 6.07) is 7.79. The number of carboxylic acids is 1. The second kappa shape index (κ2) is 6.79. The fraction of sp³-hybridized carbons (Fsp3) is 0.357. The molecule has 1 aliphatic heterocycles. The molecule has 0 unspecified atom stereocenters. The maximum Gasteiger partial charge on any atom is 0.410 e. The van der Waals surface area contributed by atoms with Gasteiger partial charge < -0.3 is 19.8 Å². The van der Waals surface area contributed by atoms with Crippen molar-refractivity contribution in [2.45, 2.75) is 12.6 Å². The minimum absolute atomic E-state index is 0.0628. The molecule has 0 saturated carbocycles. The summed E-state index contributed by atoms with van der Waals surface area (Å²) in [5, 5.41) is 18.0. The molecular formula is C14H16N2O6. The normalized spacial score (nSPS) is 17.9. The molecule has 0 radical (unpaired) electrons. The Bertz CT molecular complexity index is 562. The van der Waals surface area contributed by atoms with E-state index in [1.807, 2.05) is 18.2 Å². The van der Waals surface area contributed by atoms with E-state index < -0.39 is 24.2 Å². The van der Waals surface area contributed by atoms with E-state index in [4.69, 9.17) is 14.9 Å². The number of carbonyl (C=O) groups is 3. The Morgan fingerprint density at radius 2 is 1.82 bits per heavy atom. The van der Waals surface area contributed by atoms with Crippen molar-refractivity contribution in [3.8, 4) is 0 Å². The van der Waals surface area contributed by atoms with Gasteiger partial charge in [0.05, 0.1) is 6.54 Å². The number of rotatable bonds is 3. The second-order valence-electron chi connectivity index (χ2n) is 4.82. The number of hydrogen-bond acceptors (Lipinski definition) is 4. The molecule has 1 atom stereocenters. The summed E-state index contributed by atoms with van der Waals surface area (Å²) in [6.45, 7) is -0.109.